The summed E-state index contributed by atoms with van der Waals surface area (Å²) in [5.41, 5.74) is 1.50. The summed E-state index contributed by atoms with van der Waals surface area (Å²) in [4.78, 5) is 14.4. The summed E-state index contributed by atoms with van der Waals surface area (Å²) in [6.07, 6.45) is 2.50. The smallest absolute Gasteiger partial charge is 0.350 e. The molecule has 0 saturated heterocycles. The van der Waals surface area contributed by atoms with Gasteiger partial charge in [0.1, 0.15) is 0 Å². The second-order valence-electron chi connectivity index (χ2n) is 6.29. The molecule has 0 amide bonds. The van der Waals surface area contributed by atoms with Gasteiger partial charge in [0.25, 0.3) is 0 Å². The SMILES string of the molecule is O=c1n(CCCN(CCO)CCNc2cccc(Cl)c2)nc2ccccn12. The van der Waals surface area contributed by atoms with Crippen LogP contribution < -0.4 is 11.0 Å². The molecular formula is C19H24ClN5O2. The molecule has 1 aromatic carbocycles. The molecule has 0 aliphatic rings. The highest BCUT2D eigenvalue weighted by Crippen LogP contribution is 2.14. The van der Waals surface area contributed by atoms with Crippen molar-refractivity contribution in [2.45, 2.75) is 13.0 Å². The second kappa shape index (κ2) is 9.55. The summed E-state index contributed by atoms with van der Waals surface area (Å²) < 4.78 is 3.04. The number of rotatable bonds is 10. The van der Waals surface area contributed by atoms with E-state index in [0.717, 1.165) is 31.7 Å². The molecule has 2 aromatic heterocycles. The fourth-order valence-corrected chi connectivity index (χ4v) is 3.18. The Morgan fingerprint density at radius 3 is 2.81 bits per heavy atom. The number of aryl methyl sites for hydroxylation is 1. The van der Waals surface area contributed by atoms with Gasteiger partial charge in [-0.05, 0) is 36.8 Å². The van der Waals surface area contributed by atoms with Crippen molar-refractivity contribution >= 4 is 22.9 Å². The number of benzene rings is 1. The van der Waals surface area contributed by atoms with Gasteiger partial charge >= 0.3 is 5.69 Å². The topological polar surface area (TPSA) is 74.8 Å². The van der Waals surface area contributed by atoms with E-state index in [1.807, 2.05) is 42.5 Å². The third-order valence-electron chi connectivity index (χ3n) is 4.33. The molecule has 8 heteroatoms. The van der Waals surface area contributed by atoms with Crippen LogP contribution >= 0.6 is 11.6 Å². The van der Waals surface area contributed by atoms with Crippen LogP contribution in [0.4, 0.5) is 5.69 Å². The summed E-state index contributed by atoms with van der Waals surface area (Å²) in [6.45, 7) is 3.55. The molecule has 27 heavy (non-hydrogen) atoms. The highest BCUT2D eigenvalue weighted by Gasteiger charge is 2.08. The molecule has 0 bridgehead atoms. The number of anilines is 1. The summed E-state index contributed by atoms with van der Waals surface area (Å²) in [6, 6.07) is 13.1. The monoisotopic (exact) mass is 389 g/mol. The van der Waals surface area contributed by atoms with Crippen molar-refractivity contribution in [3.63, 3.8) is 0 Å². The second-order valence-corrected chi connectivity index (χ2v) is 6.73. The number of aromatic nitrogens is 3. The maximum Gasteiger partial charge on any atom is 0.350 e. The number of hydrogen-bond donors (Lipinski definition) is 2. The standard InChI is InChI=1S/C19H24ClN5O2/c20-16-5-3-6-17(15-16)21-8-12-23(13-14-26)9-4-11-25-19(27)24-10-2-1-7-18(24)22-25/h1-3,5-7,10,15,21,26H,4,8-9,11-14H2. The fourth-order valence-electron chi connectivity index (χ4n) is 2.99. The first-order valence-electron chi connectivity index (χ1n) is 9.04. The van der Waals surface area contributed by atoms with E-state index in [1.54, 1.807) is 10.6 Å². The van der Waals surface area contributed by atoms with E-state index >= 15 is 0 Å². The Labute approximate surface area is 162 Å². The van der Waals surface area contributed by atoms with Crippen LogP contribution in [-0.4, -0.2) is 57.0 Å². The van der Waals surface area contributed by atoms with Crippen molar-refractivity contribution in [3.05, 3.63) is 64.2 Å². The van der Waals surface area contributed by atoms with Crippen LogP contribution in [0.2, 0.25) is 5.02 Å². The van der Waals surface area contributed by atoms with Gasteiger partial charge in [-0.25, -0.2) is 9.48 Å². The third-order valence-corrected chi connectivity index (χ3v) is 4.57. The van der Waals surface area contributed by atoms with Gasteiger partial charge in [0.15, 0.2) is 5.65 Å². The minimum atomic E-state index is -0.123. The van der Waals surface area contributed by atoms with Crippen LogP contribution in [0.1, 0.15) is 6.42 Å². The minimum Gasteiger partial charge on any atom is -0.395 e. The van der Waals surface area contributed by atoms with Gasteiger partial charge in [-0.1, -0.05) is 23.7 Å². The Kier molecular flexibility index (Phi) is 6.86. The van der Waals surface area contributed by atoms with Crippen molar-refractivity contribution in [1.82, 2.24) is 19.1 Å². The largest absolute Gasteiger partial charge is 0.395 e. The zero-order chi connectivity index (χ0) is 19.1. The van der Waals surface area contributed by atoms with Crippen LogP contribution in [0, 0.1) is 0 Å². The molecule has 2 heterocycles. The number of pyridine rings is 1. The van der Waals surface area contributed by atoms with E-state index in [0.29, 0.717) is 23.8 Å². The highest BCUT2D eigenvalue weighted by atomic mass is 35.5. The minimum absolute atomic E-state index is 0.103. The number of aliphatic hydroxyl groups is 1. The average Bonchev–Trinajstić information content (AvgIpc) is 2.98. The number of nitrogens with zero attached hydrogens (tertiary/aromatic N) is 4. The van der Waals surface area contributed by atoms with E-state index < -0.39 is 0 Å². The predicted octanol–water partition coefficient (Wildman–Crippen LogP) is 1.95. The lowest BCUT2D eigenvalue weighted by atomic mass is 10.3. The first kappa shape index (κ1) is 19.4. The van der Waals surface area contributed by atoms with Gasteiger partial charge in [0.05, 0.1) is 6.61 Å². The molecule has 2 N–H and O–H groups in total. The first-order chi connectivity index (χ1) is 13.2. The Balaban J connectivity index is 1.48. The first-order valence-corrected chi connectivity index (χ1v) is 9.42. The number of halogens is 1. The maximum atomic E-state index is 12.3. The highest BCUT2D eigenvalue weighted by molar-refractivity contribution is 6.30. The van der Waals surface area contributed by atoms with Gasteiger partial charge in [-0.2, -0.15) is 0 Å². The Bertz CT molecular complexity index is 924. The molecule has 144 valence electrons. The zero-order valence-corrected chi connectivity index (χ0v) is 15.8. The van der Waals surface area contributed by atoms with E-state index in [1.165, 1.54) is 4.68 Å². The number of fused-ring (bicyclic) bond motifs is 1. The fraction of sp³-hybridized carbons (Fsp3) is 0.368. The molecule has 0 fully saturated rings. The zero-order valence-electron chi connectivity index (χ0n) is 15.1. The molecule has 0 unspecified atom stereocenters. The van der Waals surface area contributed by atoms with Gasteiger partial charge in [0.2, 0.25) is 0 Å². The van der Waals surface area contributed by atoms with Crippen molar-refractivity contribution in [2.75, 3.05) is 38.1 Å². The van der Waals surface area contributed by atoms with Crippen molar-refractivity contribution < 1.29 is 5.11 Å². The molecule has 0 radical (unpaired) electrons. The van der Waals surface area contributed by atoms with Gasteiger partial charge < -0.3 is 10.4 Å². The van der Waals surface area contributed by atoms with Gasteiger partial charge in [-0.15, -0.1) is 5.10 Å². The number of aliphatic hydroxyl groups excluding tert-OH is 1. The molecule has 0 aliphatic carbocycles. The molecular weight excluding hydrogens is 366 g/mol. The van der Waals surface area contributed by atoms with Crippen LogP contribution in [-0.2, 0) is 6.54 Å². The van der Waals surface area contributed by atoms with Crippen LogP contribution in [0.3, 0.4) is 0 Å². The number of nitrogens with one attached hydrogen (secondary N) is 1. The Hall–Kier alpha value is -2.35. The van der Waals surface area contributed by atoms with Gasteiger partial charge in [0, 0.05) is 49.6 Å². The van der Waals surface area contributed by atoms with Crippen LogP contribution in [0.5, 0.6) is 0 Å². The van der Waals surface area contributed by atoms with Crippen LogP contribution in [0.25, 0.3) is 5.65 Å². The van der Waals surface area contributed by atoms with E-state index in [4.69, 9.17) is 11.6 Å². The molecule has 0 aliphatic heterocycles. The summed E-state index contributed by atoms with van der Waals surface area (Å²) in [7, 11) is 0. The Morgan fingerprint density at radius 2 is 2.04 bits per heavy atom. The van der Waals surface area contributed by atoms with Crippen molar-refractivity contribution in [1.29, 1.82) is 0 Å². The maximum absolute atomic E-state index is 12.3. The summed E-state index contributed by atoms with van der Waals surface area (Å²) >= 11 is 5.99. The summed E-state index contributed by atoms with van der Waals surface area (Å²) in [5.74, 6) is 0. The molecule has 3 rings (SSSR count). The lowest BCUT2D eigenvalue weighted by molar-refractivity contribution is 0.196. The molecule has 3 aromatic rings. The molecule has 0 spiro atoms. The van der Waals surface area contributed by atoms with Crippen LogP contribution in [0.15, 0.2) is 53.5 Å². The molecule has 0 atom stereocenters. The van der Waals surface area contributed by atoms with Crippen molar-refractivity contribution in [3.8, 4) is 0 Å². The molecule has 0 saturated carbocycles. The van der Waals surface area contributed by atoms with E-state index in [-0.39, 0.29) is 12.3 Å². The van der Waals surface area contributed by atoms with Crippen molar-refractivity contribution in [2.24, 2.45) is 0 Å². The normalized spacial score (nSPS) is 11.4. The lowest BCUT2D eigenvalue weighted by Crippen LogP contribution is -2.33. The van der Waals surface area contributed by atoms with E-state index in [2.05, 4.69) is 15.3 Å². The Morgan fingerprint density at radius 1 is 1.15 bits per heavy atom. The average molecular weight is 390 g/mol. The number of hydrogen-bond acceptors (Lipinski definition) is 5. The lowest BCUT2D eigenvalue weighted by Gasteiger charge is -2.21. The van der Waals surface area contributed by atoms with E-state index in [9.17, 15) is 9.90 Å². The quantitative estimate of drug-likeness (QED) is 0.554. The molecule has 7 nitrogen and oxygen atoms in total. The van der Waals surface area contributed by atoms with Gasteiger partial charge in [-0.3, -0.25) is 9.30 Å². The predicted molar refractivity (Wildman–Crippen MR) is 108 cm³/mol. The summed E-state index contributed by atoms with van der Waals surface area (Å²) in [5, 5.41) is 17.7. The third kappa shape index (κ3) is 5.32.